The number of benzene rings is 2. The van der Waals surface area contributed by atoms with Crippen LogP contribution in [0.25, 0.3) is 0 Å². The molecular formula is C23H25ClO5. The fourth-order valence-electron chi connectivity index (χ4n) is 3.40. The third kappa shape index (κ3) is 5.97. The van der Waals surface area contributed by atoms with Gasteiger partial charge in [0.15, 0.2) is 0 Å². The summed E-state index contributed by atoms with van der Waals surface area (Å²) in [4.78, 5) is 24.1. The first kappa shape index (κ1) is 21.2. The minimum atomic E-state index is -0.472. The zero-order chi connectivity index (χ0) is 20.6. The van der Waals surface area contributed by atoms with E-state index in [1.54, 1.807) is 18.2 Å². The van der Waals surface area contributed by atoms with Gasteiger partial charge in [0.2, 0.25) is 0 Å². The maximum Gasteiger partial charge on any atom is 0.339 e. The summed E-state index contributed by atoms with van der Waals surface area (Å²) in [5.74, 6) is -0.0259. The van der Waals surface area contributed by atoms with E-state index >= 15 is 0 Å². The van der Waals surface area contributed by atoms with Crippen molar-refractivity contribution < 1.29 is 23.8 Å². The highest BCUT2D eigenvalue weighted by Gasteiger charge is 2.28. The minimum Gasteiger partial charge on any atom is -0.490 e. The highest BCUT2D eigenvalue weighted by molar-refractivity contribution is 6.33. The third-order valence-electron chi connectivity index (χ3n) is 4.97. The molecule has 0 N–H and O–H groups in total. The molecule has 1 aliphatic carbocycles. The average Bonchev–Trinajstić information content (AvgIpc) is 2.73. The summed E-state index contributed by atoms with van der Waals surface area (Å²) >= 11 is 6.28. The van der Waals surface area contributed by atoms with Gasteiger partial charge in [0, 0.05) is 0 Å². The molecule has 2 aromatic rings. The molecule has 0 spiro atoms. The first-order valence-corrected chi connectivity index (χ1v) is 10.3. The Morgan fingerprint density at radius 2 is 1.72 bits per heavy atom. The van der Waals surface area contributed by atoms with Gasteiger partial charge in [-0.25, -0.2) is 4.79 Å². The van der Waals surface area contributed by atoms with E-state index in [1.807, 2.05) is 37.3 Å². The summed E-state index contributed by atoms with van der Waals surface area (Å²) in [5.41, 5.74) is 1.22. The van der Waals surface area contributed by atoms with Crippen molar-refractivity contribution in [1.82, 2.24) is 0 Å². The van der Waals surface area contributed by atoms with E-state index < -0.39 is 5.97 Å². The standard InChI is InChI=1S/C23H25ClO5/c1-2-27-22(25)17-8-10-18(11-9-17)29-19-12-13-20(21(24)14-19)23(26)28-15-16-6-4-3-5-7-16/h3-7,12-14,17-18H,2,8-11,15H2,1H3/t17-,18+. The van der Waals surface area contributed by atoms with Crippen LogP contribution in [0.3, 0.4) is 0 Å². The van der Waals surface area contributed by atoms with Crippen molar-refractivity contribution in [2.45, 2.75) is 45.3 Å². The SMILES string of the molecule is CCOC(=O)[C@H]1CC[C@@H](Oc2ccc(C(=O)OCc3ccccc3)c(Cl)c2)CC1. The topological polar surface area (TPSA) is 61.8 Å². The lowest BCUT2D eigenvalue weighted by Crippen LogP contribution is -2.29. The molecule has 0 amide bonds. The van der Waals surface area contributed by atoms with Gasteiger partial charge in [-0.05, 0) is 56.4 Å². The molecule has 3 rings (SSSR count). The van der Waals surface area contributed by atoms with Crippen molar-refractivity contribution in [3.05, 3.63) is 64.7 Å². The number of esters is 2. The van der Waals surface area contributed by atoms with Crippen LogP contribution in [0, 0.1) is 5.92 Å². The second-order valence-corrected chi connectivity index (χ2v) is 7.45. The van der Waals surface area contributed by atoms with Crippen LogP contribution in [0.15, 0.2) is 48.5 Å². The summed E-state index contributed by atoms with van der Waals surface area (Å²) in [6.07, 6.45) is 3.08. The number of carbonyl (C=O) groups excluding carboxylic acids is 2. The Morgan fingerprint density at radius 1 is 1.00 bits per heavy atom. The number of ether oxygens (including phenoxy) is 3. The van der Waals surface area contributed by atoms with Crippen molar-refractivity contribution >= 4 is 23.5 Å². The molecule has 0 aliphatic heterocycles. The van der Waals surface area contributed by atoms with Crippen molar-refractivity contribution in [3.8, 4) is 5.75 Å². The van der Waals surface area contributed by atoms with Crippen LogP contribution in [-0.4, -0.2) is 24.6 Å². The van der Waals surface area contributed by atoms with Gasteiger partial charge in [-0.2, -0.15) is 0 Å². The average molecular weight is 417 g/mol. The highest BCUT2D eigenvalue weighted by atomic mass is 35.5. The summed E-state index contributed by atoms with van der Waals surface area (Å²) in [5, 5.41) is 0.292. The van der Waals surface area contributed by atoms with Gasteiger partial charge >= 0.3 is 11.9 Å². The molecule has 0 atom stereocenters. The zero-order valence-corrected chi connectivity index (χ0v) is 17.2. The van der Waals surface area contributed by atoms with Gasteiger partial charge in [0.25, 0.3) is 0 Å². The van der Waals surface area contributed by atoms with Crippen LogP contribution in [0.5, 0.6) is 5.75 Å². The number of rotatable bonds is 7. The van der Waals surface area contributed by atoms with E-state index in [4.69, 9.17) is 25.8 Å². The molecule has 0 bridgehead atoms. The van der Waals surface area contributed by atoms with Crippen LogP contribution in [0.1, 0.15) is 48.5 Å². The molecule has 6 heteroatoms. The molecule has 2 aromatic carbocycles. The van der Waals surface area contributed by atoms with Gasteiger partial charge < -0.3 is 14.2 Å². The summed E-state index contributed by atoms with van der Waals surface area (Å²) in [6, 6.07) is 14.5. The Hall–Kier alpha value is -2.53. The smallest absolute Gasteiger partial charge is 0.339 e. The summed E-state index contributed by atoms with van der Waals surface area (Å²) in [7, 11) is 0. The zero-order valence-electron chi connectivity index (χ0n) is 16.4. The lowest BCUT2D eigenvalue weighted by molar-refractivity contribution is -0.149. The highest BCUT2D eigenvalue weighted by Crippen LogP contribution is 2.30. The number of hydrogen-bond donors (Lipinski definition) is 0. The molecule has 1 aliphatic rings. The number of halogens is 1. The van der Waals surface area contributed by atoms with Crippen molar-refractivity contribution in [3.63, 3.8) is 0 Å². The molecule has 0 aromatic heterocycles. The van der Waals surface area contributed by atoms with Gasteiger partial charge in [0.05, 0.1) is 29.2 Å². The van der Waals surface area contributed by atoms with E-state index in [-0.39, 0.29) is 24.6 Å². The second-order valence-electron chi connectivity index (χ2n) is 7.05. The lowest BCUT2D eigenvalue weighted by atomic mass is 9.87. The van der Waals surface area contributed by atoms with Crippen molar-refractivity contribution in [1.29, 1.82) is 0 Å². The third-order valence-corrected chi connectivity index (χ3v) is 5.28. The predicted molar refractivity (Wildman–Crippen MR) is 110 cm³/mol. The lowest BCUT2D eigenvalue weighted by Gasteiger charge is -2.27. The fraction of sp³-hybridized carbons (Fsp3) is 0.391. The largest absolute Gasteiger partial charge is 0.490 e. The van der Waals surface area contributed by atoms with Gasteiger partial charge in [-0.3, -0.25) is 4.79 Å². The van der Waals surface area contributed by atoms with E-state index in [9.17, 15) is 9.59 Å². The van der Waals surface area contributed by atoms with Crippen molar-refractivity contribution in [2.75, 3.05) is 6.61 Å². The van der Waals surface area contributed by atoms with Gasteiger partial charge in [-0.15, -0.1) is 0 Å². The van der Waals surface area contributed by atoms with E-state index in [0.29, 0.717) is 22.9 Å². The Bertz CT molecular complexity index is 828. The molecule has 0 unspecified atom stereocenters. The van der Waals surface area contributed by atoms with Gasteiger partial charge in [0.1, 0.15) is 12.4 Å². The molecule has 29 heavy (non-hydrogen) atoms. The monoisotopic (exact) mass is 416 g/mol. The summed E-state index contributed by atoms with van der Waals surface area (Å²) < 4.78 is 16.4. The Kier molecular flexibility index (Phi) is 7.53. The summed E-state index contributed by atoms with van der Waals surface area (Å²) in [6.45, 7) is 2.42. The van der Waals surface area contributed by atoms with Crippen LogP contribution >= 0.6 is 11.6 Å². The molecule has 1 saturated carbocycles. The fourth-order valence-corrected chi connectivity index (χ4v) is 3.65. The molecule has 0 saturated heterocycles. The van der Waals surface area contributed by atoms with E-state index in [1.165, 1.54) is 0 Å². The first-order chi connectivity index (χ1) is 14.1. The maximum atomic E-state index is 12.3. The Labute approximate surface area is 175 Å². The Balaban J connectivity index is 1.52. The van der Waals surface area contributed by atoms with Crippen LogP contribution in [-0.2, 0) is 20.9 Å². The molecule has 1 fully saturated rings. The van der Waals surface area contributed by atoms with Crippen LogP contribution in [0.2, 0.25) is 5.02 Å². The van der Waals surface area contributed by atoms with E-state index in [2.05, 4.69) is 0 Å². The molecule has 154 valence electrons. The number of carbonyl (C=O) groups is 2. The molecule has 0 radical (unpaired) electrons. The Morgan fingerprint density at radius 3 is 2.38 bits per heavy atom. The molecule has 0 heterocycles. The van der Waals surface area contributed by atoms with Crippen molar-refractivity contribution in [2.24, 2.45) is 5.92 Å². The minimum absolute atomic E-state index is 0.0209. The predicted octanol–water partition coefficient (Wildman–Crippen LogP) is 5.20. The second kappa shape index (κ2) is 10.3. The van der Waals surface area contributed by atoms with E-state index in [0.717, 1.165) is 31.2 Å². The maximum absolute atomic E-state index is 12.3. The quantitative estimate of drug-likeness (QED) is 0.580. The number of hydrogen-bond acceptors (Lipinski definition) is 5. The normalized spacial score (nSPS) is 18.7. The molecule has 5 nitrogen and oxygen atoms in total. The first-order valence-electron chi connectivity index (χ1n) is 9.90. The molecular weight excluding hydrogens is 392 g/mol. The van der Waals surface area contributed by atoms with Gasteiger partial charge in [-0.1, -0.05) is 41.9 Å². The van der Waals surface area contributed by atoms with Crippen LogP contribution < -0.4 is 4.74 Å². The van der Waals surface area contributed by atoms with Crippen LogP contribution in [0.4, 0.5) is 0 Å².